The summed E-state index contributed by atoms with van der Waals surface area (Å²) in [6.45, 7) is 5.26. The summed E-state index contributed by atoms with van der Waals surface area (Å²) in [5.41, 5.74) is 0.623. The highest BCUT2D eigenvalue weighted by molar-refractivity contribution is 5.89. The molecule has 2 heterocycles. The molecule has 1 aromatic heterocycles. The molecule has 1 aliphatic rings. The first kappa shape index (κ1) is 13.4. The number of nitrogens with zero attached hydrogens (tertiary/aromatic N) is 3. The molecule has 19 heavy (non-hydrogen) atoms. The van der Waals surface area contributed by atoms with Gasteiger partial charge in [0.1, 0.15) is 0 Å². The van der Waals surface area contributed by atoms with Crippen molar-refractivity contribution in [1.29, 1.82) is 0 Å². The summed E-state index contributed by atoms with van der Waals surface area (Å²) >= 11 is 0. The van der Waals surface area contributed by atoms with Crippen LogP contribution in [0.4, 0.5) is 10.5 Å². The van der Waals surface area contributed by atoms with Crippen molar-refractivity contribution >= 4 is 17.7 Å². The van der Waals surface area contributed by atoms with Crippen LogP contribution in [-0.2, 0) is 11.3 Å². The van der Waals surface area contributed by atoms with Gasteiger partial charge in [-0.05, 0) is 12.8 Å². The lowest BCUT2D eigenvalue weighted by molar-refractivity contribution is -0.142. The average Bonchev–Trinajstić information content (AvgIpc) is 2.95. The maximum Gasteiger partial charge on any atom is 0.321 e. The van der Waals surface area contributed by atoms with Crippen molar-refractivity contribution in [2.45, 2.75) is 20.4 Å². The summed E-state index contributed by atoms with van der Waals surface area (Å²) < 4.78 is 1.71. The van der Waals surface area contributed by atoms with Crippen molar-refractivity contribution in [3.05, 3.63) is 12.4 Å². The fraction of sp³-hybridized carbons (Fsp3) is 0.583. The van der Waals surface area contributed by atoms with Crippen LogP contribution in [0.25, 0.3) is 0 Å². The molecular formula is C12H18N4O3. The Kier molecular flexibility index (Phi) is 3.73. The Hall–Kier alpha value is -2.05. The predicted molar refractivity (Wildman–Crippen MR) is 68.8 cm³/mol. The smallest absolute Gasteiger partial charge is 0.321 e. The molecule has 0 aromatic carbocycles. The molecule has 1 fully saturated rings. The third kappa shape index (κ3) is 2.86. The maximum absolute atomic E-state index is 12.0. The van der Waals surface area contributed by atoms with Gasteiger partial charge in [0, 0.05) is 25.8 Å². The van der Waals surface area contributed by atoms with E-state index in [9.17, 15) is 9.59 Å². The Morgan fingerprint density at radius 2 is 2.26 bits per heavy atom. The minimum Gasteiger partial charge on any atom is -0.481 e. The number of carbonyl (C=O) groups excluding carboxylic acids is 1. The van der Waals surface area contributed by atoms with E-state index in [1.165, 1.54) is 4.90 Å². The molecule has 7 nitrogen and oxygen atoms in total. The first-order valence-corrected chi connectivity index (χ1v) is 6.32. The lowest BCUT2D eigenvalue weighted by Gasteiger charge is -2.15. The molecule has 1 aliphatic heterocycles. The van der Waals surface area contributed by atoms with E-state index in [1.54, 1.807) is 17.1 Å². The molecule has 0 bridgehead atoms. The Morgan fingerprint density at radius 3 is 2.79 bits per heavy atom. The van der Waals surface area contributed by atoms with Crippen molar-refractivity contribution in [3.63, 3.8) is 0 Å². The lowest BCUT2D eigenvalue weighted by Crippen LogP contribution is -2.33. The summed E-state index contributed by atoms with van der Waals surface area (Å²) in [6.07, 6.45) is 3.32. The highest BCUT2D eigenvalue weighted by Gasteiger charge is 2.36. The molecule has 2 atom stereocenters. The van der Waals surface area contributed by atoms with E-state index in [0.717, 1.165) is 6.54 Å². The number of aliphatic carboxylic acids is 1. The molecule has 2 amide bonds. The van der Waals surface area contributed by atoms with Crippen LogP contribution in [0.15, 0.2) is 12.4 Å². The second-order valence-corrected chi connectivity index (χ2v) is 4.84. The monoisotopic (exact) mass is 266 g/mol. The number of hydrogen-bond donors (Lipinski definition) is 2. The van der Waals surface area contributed by atoms with Crippen molar-refractivity contribution in [1.82, 2.24) is 14.7 Å². The molecule has 0 spiro atoms. The highest BCUT2D eigenvalue weighted by atomic mass is 16.4. The highest BCUT2D eigenvalue weighted by Crippen LogP contribution is 2.23. The second kappa shape index (κ2) is 5.29. The van der Waals surface area contributed by atoms with Gasteiger partial charge in [-0.1, -0.05) is 6.92 Å². The van der Waals surface area contributed by atoms with Crippen LogP contribution in [0.5, 0.6) is 0 Å². The minimum absolute atomic E-state index is 0.0263. The standard InChI is InChI=1S/C12H18N4O3/c1-3-16-6-9(4-13-16)14-12(19)15-5-8(2)10(7-15)11(17)18/h4,6,8,10H,3,5,7H2,1-2H3,(H,14,19)(H,17,18). The van der Waals surface area contributed by atoms with Crippen LogP contribution in [-0.4, -0.2) is 44.9 Å². The summed E-state index contributed by atoms with van der Waals surface area (Å²) in [7, 11) is 0. The molecule has 7 heteroatoms. The van der Waals surface area contributed by atoms with Crippen LogP contribution in [0.2, 0.25) is 0 Å². The predicted octanol–water partition coefficient (Wildman–Crippen LogP) is 1.09. The van der Waals surface area contributed by atoms with E-state index in [2.05, 4.69) is 10.4 Å². The van der Waals surface area contributed by atoms with Crippen LogP contribution >= 0.6 is 0 Å². The van der Waals surface area contributed by atoms with Crippen LogP contribution in [0.3, 0.4) is 0 Å². The van der Waals surface area contributed by atoms with E-state index >= 15 is 0 Å². The largest absolute Gasteiger partial charge is 0.481 e. The van der Waals surface area contributed by atoms with Crippen LogP contribution < -0.4 is 5.32 Å². The Balaban J connectivity index is 1.96. The van der Waals surface area contributed by atoms with Gasteiger partial charge in [-0.15, -0.1) is 0 Å². The number of carboxylic acid groups (broad SMARTS) is 1. The number of likely N-dealkylation sites (tertiary alicyclic amines) is 1. The third-order valence-corrected chi connectivity index (χ3v) is 3.43. The maximum atomic E-state index is 12.0. The Morgan fingerprint density at radius 1 is 1.53 bits per heavy atom. The van der Waals surface area contributed by atoms with Crippen molar-refractivity contribution in [2.75, 3.05) is 18.4 Å². The normalized spacial score (nSPS) is 22.5. The minimum atomic E-state index is -0.846. The number of rotatable bonds is 3. The molecule has 0 aliphatic carbocycles. The SMILES string of the molecule is CCn1cc(NC(=O)N2CC(C)C(C(=O)O)C2)cn1. The van der Waals surface area contributed by atoms with Gasteiger partial charge in [0.15, 0.2) is 0 Å². The zero-order valence-corrected chi connectivity index (χ0v) is 11.0. The molecule has 1 saturated heterocycles. The van der Waals surface area contributed by atoms with Crippen molar-refractivity contribution in [2.24, 2.45) is 11.8 Å². The molecule has 0 saturated carbocycles. The number of nitrogens with one attached hydrogen (secondary N) is 1. The Bertz CT molecular complexity index is 485. The summed E-state index contributed by atoms with van der Waals surface area (Å²) in [5, 5.41) is 15.8. The number of amides is 2. The summed E-state index contributed by atoms with van der Waals surface area (Å²) in [5.74, 6) is -1.35. The zero-order chi connectivity index (χ0) is 14.0. The number of aryl methyl sites for hydroxylation is 1. The number of carboxylic acids is 1. The quantitative estimate of drug-likeness (QED) is 0.857. The van der Waals surface area contributed by atoms with Gasteiger partial charge < -0.3 is 15.3 Å². The van der Waals surface area contributed by atoms with E-state index in [0.29, 0.717) is 12.2 Å². The molecular weight excluding hydrogens is 248 g/mol. The van der Waals surface area contributed by atoms with Gasteiger partial charge in [0.25, 0.3) is 0 Å². The fourth-order valence-corrected chi connectivity index (χ4v) is 2.26. The second-order valence-electron chi connectivity index (χ2n) is 4.84. The van der Waals surface area contributed by atoms with Gasteiger partial charge in [0.05, 0.1) is 17.8 Å². The molecule has 1 aromatic rings. The molecule has 2 rings (SSSR count). The molecule has 2 N–H and O–H groups in total. The number of aromatic nitrogens is 2. The van der Waals surface area contributed by atoms with Crippen molar-refractivity contribution < 1.29 is 14.7 Å². The van der Waals surface area contributed by atoms with Crippen molar-refractivity contribution in [3.8, 4) is 0 Å². The van der Waals surface area contributed by atoms with E-state index in [1.807, 2.05) is 13.8 Å². The molecule has 2 unspecified atom stereocenters. The van der Waals surface area contributed by atoms with Gasteiger partial charge in [-0.2, -0.15) is 5.10 Å². The lowest BCUT2D eigenvalue weighted by atomic mass is 9.99. The van der Waals surface area contributed by atoms with Crippen LogP contribution in [0, 0.1) is 11.8 Å². The number of urea groups is 1. The number of anilines is 1. The van der Waals surface area contributed by atoms with E-state index < -0.39 is 11.9 Å². The third-order valence-electron chi connectivity index (χ3n) is 3.43. The summed E-state index contributed by atoms with van der Waals surface area (Å²) in [4.78, 5) is 24.6. The van der Waals surface area contributed by atoms with E-state index in [4.69, 9.17) is 5.11 Å². The van der Waals surface area contributed by atoms with E-state index in [-0.39, 0.29) is 18.5 Å². The summed E-state index contributed by atoms with van der Waals surface area (Å²) in [6, 6.07) is -0.272. The average molecular weight is 266 g/mol. The zero-order valence-electron chi connectivity index (χ0n) is 11.0. The number of carbonyl (C=O) groups is 2. The number of hydrogen-bond acceptors (Lipinski definition) is 3. The molecule has 104 valence electrons. The fourth-order valence-electron chi connectivity index (χ4n) is 2.26. The van der Waals surface area contributed by atoms with Crippen LogP contribution in [0.1, 0.15) is 13.8 Å². The topological polar surface area (TPSA) is 87.5 Å². The molecule has 0 radical (unpaired) electrons. The van der Waals surface area contributed by atoms with Gasteiger partial charge in [-0.3, -0.25) is 9.48 Å². The first-order valence-electron chi connectivity index (χ1n) is 6.32. The first-order chi connectivity index (χ1) is 9.01. The van der Waals surface area contributed by atoms with Gasteiger partial charge in [-0.25, -0.2) is 4.79 Å². The van der Waals surface area contributed by atoms with Gasteiger partial charge >= 0.3 is 12.0 Å². The Labute approximate surface area is 111 Å². The van der Waals surface area contributed by atoms with Gasteiger partial charge in [0.2, 0.25) is 0 Å².